The van der Waals surface area contributed by atoms with E-state index in [-0.39, 0.29) is 82.0 Å². The molecule has 10 N–H and O–H groups in total. The molecule has 2 aromatic rings. The van der Waals surface area contributed by atoms with Gasteiger partial charge in [0.25, 0.3) is 0 Å². The normalized spacial score (nSPS) is 22.4. The Labute approximate surface area is 352 Å². The minimum atomic E-state index is -1.48. The predicted molar refractivity (Wildman–Crippen MR) is 213 cm³/mol. The zero-order valence-electron chi connectivity index (χ0n) is 33.8. The van der Waals surface area contributed by atoms with Gasteiger partial charge in [0.2, 0.25) is 0 Å². The fourth-order valence-electron chi connectivity index (χ4n) is 9.37. The van der Waals surface area contributed by atoms with E-state index in [9.17, 15) is 79.2 Å². The number of aryl methyl sites for hydroxylation is 1. The molecule has 5 heterocycles. The number of hydrogen-bond donors (Lipinski definition) is 10. The third kappa shape index (κ3) is 10.2. The van der Waals surface area contributed by atoms with Crippen LogP contribution in [0.25, 0.3) is 11.0 Å². The Hall–Kier alpha value is -6.86. The van der Waals surface area contributed by atoms with Gasteiger partial charge in [0, 0.05) is 105 Å². The minimum absolute atomic E-state index is 0.0734. The first kappa shape index (κ1) is 46.2. The first-order chi connectivity index (χ1) is 29.0. The van der Waals surface area contributed by atoms with Gasteiger partial charge in [-0.3, -0.25) is 48.3 Å². The van der Waals surface area contributed by atoms with Crippen LogP contribution in [-0.2, 0) is 62.0 Å². The van der Waals surface area contributed by atoms with Crippen molar-refractivity contribution in [2.24, 2.45) is 0 Å². The first-order valence-corrected chi connectivity index (χ1v) is 19.8. The highest BCUT2D eigenvalue weighted by Gasteiger charge is 2.48. The number of fused-ring (bicyclic) bond motifs is 8. The molecule has 0 aromatic carbocycles. The fraction of sp³-hybridized carbons (Fsp3) is 0.476. The van der Waals surface area contributed by atoms with E-state index in [4.69, 9.17) is 9.97 Å². The van der Waals surface area contributed by atoms with Gasteiger partial charge in [0.05, 0.1) is 25.7 Å². The monoisotopic (exact) mass is 864 g/mol. The topological polar surface area (TPSA) is 356 Å². The molecule has 5 rings (SSSR count). The predicted octanol–water partition coefficient (Wildman–Crippen LogP) is 4.65. The van der Waals surface area contributed by atoms with Gasteiger partial charge in [-0.15, -0.1) is 0 Å². The van der Waals surface area contributed by atoms with Crippen molar-refractivity contribution >= 4 is 58.8 Å². The molecule has 8 bridgehead atoms. The standard InChI is InChI=1S/C42H48N4O16/c1-41(17-39(59)60)23(5-9-35(51)52)29-14-27-21(11-37(55)56)19(3-7-33(47)48)25(43-27)13-26-20(4-8-34(49)50)22(12-38(57)58)28(44-26)15-31-42(2,18-40(61)62)24(6-10-36(53)54)30(46-31)16-32(41)45-29/h13-16,19,21,23-24,44-45H,3-12,17-18H2,1-2H3,(H,47,48)(H,49,50)(H,51,52)(H,53,54)(H,55,56)(H,57,58)(H,59,60)(H,61,62). The lowest BCUT2D eigenvalue weighted by Gasteiger charge is -2.32. The van der Waals surface area contributed by atoms with Crippen molar-refractivity contribution in [3.63, 3.8) is 0 Å². The van der Waals surface area contributed by atoms with Crippen LogP contribution in [0.5, 0.6) is 0 Å². The molecule has 20 nitrogen and oxygen atoms in total. The van der Waals surface area contributed by atoms with E-state index in [1.807, 2.05) is 0 Å². The molecule has 332 valence electrons. The number of H-pyrrole nitrogens is 2. The fourth-order valence-corrected chi connectivity index (χ4v) is 9.37. The van der Waals surface area contributed by atoms with Gasteiger partial charge < -0.3 is 50.8 Å². The molecule has 6 atom stereocenters. The largest absolute Gasteiger partial charge is 0.481 e. The third-order valence-electron chi connectivity index (χ3n) is 12.3. The van der Waals surface area contributed by atoms with Crippen molar-refractivity contribution in [1.82, 2.24) is 19.9 Å². The van der Waals surface area contributed by atoms with E-state index in [1.165, 1.54) is 24.3 Å². The summed E-state index contributed by atoms with van der Waals surface area (Å²) in [5.41, 5.74) is -1.40. The lowest BCUT2D eigenvalue weighted by Crippen LogP contribution is -2.31. The van der Waals surface area contributed by atoms with Crippen LogP contribution >= 0.6 is 0 Å². The zero-order valence-corrected chi connectivity index (χ0v) is 33.8. The summed E-state index contributed by atoms with van der Waals surface area (Å²) in [6.07, 6.45) is -4.78. The van der Waals surface area contributed by atoms with Crippen LogP contribution in [0.1, 0.15) is 147 Å². The first-order valence-electron chi connectivity index (χ1n) is 19.8. The van der Waals surface area contributed by atoms with Crippen molar-refractivity contribution in [3.05, 3.63) is 69.6 Å². The van der Waals surface area contributed by atoms with E-state index >= 15 is 0 Å². The molecular formula is C42H48N4O16. The summed E-state index contributed by atoms with van der Waals surface area (Å²) in [5.74, 6) is -13.7. The second-order valence-electron chi connectivity index (χ2n) is 16.5. The number of hydrogen-bond acceptors (Lipinski definition) is 10. The Bertz CT molecular complexity index is 2400. The number of carboxylic acids is 8. The summed E-state index contributed by atoms with van der Waals surface area (Å²) in [6, 6.07) is 5.85. The summed E-state index contributed by atoms with van der Waals surface area (Å²) >= 11 is 0. The van der Waals surface area contributed by atoms with Gasteiger partial charge in [-0.25, -0.2) is 0 Å². The molecule has 0 spiro atoms. The third-order valence-corrected chi connectivity index (χ3v) is 12.3. The van der Waals surface area contributed by atoms with Crippen molar-refractivity contribution in [1.29, 1.82) is 0 Å². The summed E-state index contributed by atoms with van der Waals surface area (Å²) in [7, 11) is 0. The molecule has 0 saturated carbocycles. The van der Waals surface area contributed by atoms with E-state index in [0.717, 1.165) is 0 Å². The van der Waals surface area contributed by atoms with Crippen LogP contribution in [0, 0.1) is 0 Å². The molecule has 3 aliphatic heterocycles. The van der Waals surface area contributed by atoms with Crippen LogP contribution < -0.4 is 0 Å². The lowest BCUT2D eigenvalue weighted by atomic mass is 9.69. The second kappa shape index (κ2) is 18.4. The number of rotatable bonds is 20. The number of carboxylic acid groups (broad SMARTS) is 8. The van der Waals surface area contributed by atoms with E-state index in [1.54, 1.807) is 13.8 Å². The van der Waals surface area contributed by atoms with Crippen molar-refractivity contribution < 1.29 is 79.2 Å². The SMILES string of the molecule is CC1(CC(=O)O)c2cc3[nH]c(cc4nc(cc5[nH]c(cc(n2)C1CCC(=O)O)C(C)(CC(=O)O)C5CCC(=O)O)C(CC(=O)O)C4CCC(=O)O)c(CCC(=O)O)c3CC(=O)O. The minimum Gasteiger partial charge on any atom is -0.481 e. The Morgan fingerprint density at radius 1 is 0.532 bits per heavy atom. The van der Waals surface area contributed by atoms with Crippen LogP contribution in [-0.4, -0.2) is 109 Å². The maximum absolute atomic E-state index is 12.6. The van der Waals surface area contributed by atoms with Gasteiger partial charge in [-0.2, -0.15) is 0 Å². The van der Waals surface area contributed by atoms with E-state index < -0.39 is 134 Å². The molecule has 3 aliphatic rings. The molecule has 0 fully saturated rings. The molecule has 0 radical (unpaired) electrons. The van der Waals surface area contributed by atoms with Gasteiger partial charge in [-0.1, -0.05) is 13.8 Å². The van der Waals surface area contributed by atoms with Crippen LogP contribution in [0.2, 0.25) is 0 Å². The number of carbonyl (C=O) groups is 8. The quantitative estimate of drug-likeness (QED) is 0.0865. The van der Waals surface area contributed by atoms with Crippen LogP contribution in [0.4, 0.5) is 0 Å². The average Bonchev–Trinajstić information content (AvgIpc) is 3.77. The Balaban J connectivity index is 2.06. The number of nitrogens with zero attached hydrogens (tertiary/aromatic N) is 2. The van der Waals surface area contributed by atoms with E-state index in [0.29, 0.717) is 0 Å². The Kier molecular flexibility index (Phi) is 13.7. The lowest BCUT2D eigenvalue weighted by molar-refractivity contribution is -0.140. The highest BCUT2D eigenvalue weighted by atomic mass is 16.4. The maximum Gasteiger partial charge on any atom is 0.307 e. The van der Waals surface area contributed by atoms with Crippen molar-refractivity contribution in [3.8, 4) is 0 Å². The average molecular weight is 865 g/mol. The Morgan fingerprint density at radius 3 is 1.65 bits per heavy atom. The highest BCUT2D eigenvalue weighted by Crippen LogP contribution is 2.52. The van der Waals surface area contributed by atoms with Crippen molar-refractivity contribution in [2.75, 3.05) is 0 Å². The summed E-state index contributed by atoms with van der Waals surface area (Å²) in [4.78, 5) is 114. The molecule has 0 saturated heterocycles. The molecule has 0 aliphatic carbocycles. The zero-order chi connectivity index (χ0) is 45.8. The highest BCUT2D eigenvalue weighted by molar-refractivity contribution is 5.82. The number of nitrogens with one attached hydrogen (secondary N) is 2. The van der Waals surface area contributed by atoms with Gasteiger partial charge in [-0.05, 0) is 61.1 Å². The summed E-state index contributed by atoms with van der Waals surface area (Å²) < 4.78 is 0. The number of aliphatic carboxylic acids is 8. The van der Waals surface area contributed by atoms with Crippen molar-refractivity contribution in [2.45, 2.75) is 125 Å². The molecule has 20 heteroatoms. The van der Waals surface area contributed by atoms with E-state index in [2.05, 4.69) is 9.97 Å². The summed E-state index contributed by atoms with van der Waals surface area (Å²) in [6.45, 7) is 3.14. The molecule has 62 heavy (non-hydrogen) atoms. The van der Waals surface area contributed by atoms with Crippen LogP contribution in [0.15, 0.2) is 24.3 Å². The van der Waals surface area contributed by atoms with Gasteiger partial charge in [0.15, 0.2) is 0 Å². The summed E-state index contributed by atoms with van der Waals surface area (Å²) in [5, 5.41) is 79.8. The number of aromatic amines is 2. The smallest absolute Gasteiger partial charge is 0.307 e. The second-order valence-corrected chi connectivity index (χ2v) is 16.5. The van der Waals surface area contributed by atoms with Gasteiger partial charge >= 0.3 is 47.8 Å². The molecule has 6 unspecified atom stereocenters. The molecular weight excluding hydrogens is 816 g/mol. The molecule has 2 aromatic heterocycles. The molecule has 0 amide bonds. The maximum atomic E-state index is 12.6. The Morgan fingerprint density at radius 2 is 1.08 bits per heavy atom. The van der Waals surface area contributed by atoms with Crippen LogP contribution in [0.3, 0.4) is 0 Å². The number of aromatic nitrogens is 4. The van der Waals surface area contributed by atoms with Gasteiger partial charge in [0.1, 0.15) is 0 Å².